The van der Waals surface area contributed by atoms with Gasteiger partial charge in [0.15, 0.2) is 0 Å². The van der Waals surface area contributed by atoms with Crippen molar-refractivity contribution in [2.45, 2.75) is 85.5 Å². The van der Waals surface area contributed by atoms with Crippen molar-refractivity contribution in [2.75, 3.05) is 6.61 Å². The van der Waals surface area contributed by atoms with Crippen molar-refractivity contribution in [1.82, 2.24) is 0 Å². The summed E-state index contributed by atoms with van der Waals surface area (Å²) < 4.78 is 5.11. The highest BCUT2D eigenvalue weighted by Crippen LogP contribution is 2.34. The molecule has 0 radical (unpaired) electrons. The molecule has 0 aromatic rings. The average Bonchev–Trinajstić information content (AvgIpc) is 2.33. The van der Waals surface area contributed by atoms with E-state index in [1.165, 1.54) is 38.5 Å². The molecule has 0 spiro atoms. The Hall–Kier alpha value is -0.530. The highest BCUT2D eigenvalue weighted by Gasteiger charge is 2.27. The molecule has 2 heteroatoms. The Labute approximate surface area is 113 Å². The molecule has 2 nitrogen and oxygen atoms in total. The highest BCUT2D eigenvalue weighted by molar-refractivity contribution is 5.70. The molecular formula is C16H32O2. The van der Waals surface area contributed by atoms with Crippen molar-refractivity contribution in [3.05, 3.63) is 0 Å². The fourth-order valence-electron chi connectivity index (χ4n) is 2.44. The van der Waals surface area contributed by atoms with Crippen molar-refractivity contribution in [3.63, 3.8) is 0 Å². The third kappa shape index (κ3) is 8.54. The second kappa shape index (κ2) is 10.4. The molecule has 0 rings (SSSR count). The minimum Gasteiger partial charge on any atom is -0.466 e. The minimum absolute atomic E-state index is 0.0217. The summed E-state index contributed by atoms with van der Waals surface area (Å²) in [4.78, 5) is 11.7. The largest absolute Gasteiger partial charge is 0.466 e. The molecule has 0 aromatic carbocycles. The van der Waals surface area contributed by atoms with Gasteiger partial charge in [0.25, 0.3) is 0 Å². The third-order valence-corrected chi connectivity index (χ3v) is 3.64. The first-order valence-electron chi connectivity index (χ1n) is 7.73. The molecule has 0 aliphatic heterocycles. The highest BCUT2D eigenvalue weighted by atomic mass is 16.5. The molecule has 0 amide bonds. The zero-order valence-corrected chi connectivity index (χ0v) is 12.9. The quantitative estimate of drug-likeness (QED) is 0.379. The van der Waals surface area contributed by atoms with Crippen molar-refractivity contribution >= 4 is 5.97 Å². The summed E-state index contributed by atoms with van der Waals surface area (Å²) in [5, 5.41) is 0. The first kappa shape index (κ1) is 17.5. The Balaban J connectivity index is 4.18. The maximum Gasteiger partial charge on any atom is 0.306 e. The van der Waals surface area contributed by atoms with Crippen LogP contribution in [0.5, 0.6) is 0 Å². The van der Waals surface area contributed by atoms with Crippen LogP contribution in [-0.2, 0) is 9.53 Å². The molecule has 0 heterocycles. The number of esters is 1. The summed E-state index contributed by atoms with van der Waals surface area (Å²) in [5.74, 6) is -0.0217. The van der Waals surface area contributed by atoms with E-state index in [1.54, 1.807) is 0 Å². The molecule has 0 bridgehead atoms. The topological polar surface area (TPSA) is 26.3 Å². The molecule has 0 fully saturated rings. The van der Waals surface area contributed by atoms with Gasteiger partial charge in [-0.15, -0.1) is 0 Å². The molecule has 18 heavy (non-hydrogen) atoms. The maximum atomic E-state index is 11.7. The number of ether oxygens (including phenoxy) is 1. The van der Waals surface area contributed by atoms with Crippen LogP contribution in [0.3, 0.4) is 0 Å². The van der Waals surface area contributed by atoms with E-state index < -0.39 is 0 Å². The van der Waals surface area contributed by atoms with Gasteiger partial charge in [-0.25, -0.2) is 0 Å². The van der Waals surface area contributed by atoms with Crippen LogP contribution in [0.25, 0.3) is 0 Å². The predicted molar refractivity (Wildman–Crippen MR) is 77.6 cm³/mol. The number of hydrogen-bond donors (Lipinski definition) is 0. The second-order valence-electron chi connectivity index (χ2n) is 5.71. The Morgan fingerprint density at radius 3 is 2.11 bits per heavy atom. The predicted octanol–water partition coefficient (Wildman–Crippen LogP) is 5.11. The number of hydrogen-bond acceptors (Lipinski definition) is 2. The van der Waals surface area contributed by atoms with Crippen LogP contribution < -0.4 is 0 Å². The van der Waals surface area contributed by atoms with E-state index in [2.05, 4.69) is 20.8 Å². The normalized spacial score (nSPS) is 14.2. The van der Waals surface area contributed by atoms with E-state index in [4.69, 9.17) is 4.74 Å². The van der Waals surface area contributed by atoms with Crippen LogP contribution in [0.15, 0.2) is 0 Å². The zero-order chi connectivity index (χ0) is 13.9. The van der Waals surface area contributed by atoms with Gasteiger partial charge in [0, 0.05) is 0 Å². The molecule has 0 N–H and O–H groups in total. The lowest BCUT2D eigenvalue weighted by molar-refractivity contribution is -0.146. The SMILES string of the molecule is CCCCCCC(C)(CCCC)CC(=O)OCC. The number of rotatable bonds is 11. The first-order chi connectivity index (χ1) is 8.58. The van der Waals surface area contributed by atoms with Crippen molar-refractivity contribution in [2.24, 2.45) is 5.41 Å². The lowest BCUT2D eigenvalue weighted by Crippen LogP contribution is -2.22. The van der Waals surface area contributed by atoms with Gasteiger partial charge in [0.2, 0.25) is 0 Å². The fraction of sp³-hybridized carbons (Fsp3) is 0.938. The summed E-state index contributed by atoms with van der Waals surface area (Å²) in [6.07, 6.45) is 10.4. The Kier molecular flexibility index (Phi) is 10.1. The van der Waals surface area contributed by atoms with E-state index in [0.29, 0.717) is 13.0 Å². The molecule has 1 atom stereocenters. The summed E-state index contributed by atoms with van der Waals surface area (Å²) in [6.45, 7) is 9.07. The molecule has 1 unspecified atom stereocenters. The van der Waals surface area contributed by atoms with E-state index >= 15 is 0 Å². The molecule has 0 aromatic heterocycles. The lowest BCUT2D eigenvalue weighted by atomic mass is 9.77. The molecule has 0 aliphatic carbocycles. The first-order valence-corrected chi connectivity index (χ1v) is 7.73. The van der Waals surface area contributed by atoms with Gasteiger partial charge < -0.3 is 4.74 Å². The molecule has 108 valence electrons. The van der Waals surface area contributed by atoms with Gasteiger partial charge in [0.1, 0.15) is 0 Å². The fourth-order valence-corrected chi connectivity index (χ4v) is 2.44. The molecular weight excluding hydrogens is 224 g/mol. The number of carbonyl (C=O) groups is 1. The molecule has 0 aliphatic rings. The van der Waals surface area contributed by atoms with Crippen molar-refractivity contribution in [3.8, 4) is 0 Å². The molecule has 0 saturated carbocycles. The monoisotopic (exact) mass is 256 g/mol. The van der Waals surface area contributed by atoms with Crippen LogP contribution >= 0.6 is 0 Å². The van der Waals surface area contributed by atoms with Crippen LogP contribution in [0.1, 0.15) is 85.5 Å². The second-order valence-corrected chi connectivity index (χ2v) is 5.71. The Morgan fingerprint density at radius 2 is 1.56 bits per heavy atom. The number of carbonyl (C=O) groups excluding carboxylic acids is 1. The Bertz CT molecular complexity index is 213. The van der Waals surface area contributed by atoms with Crippen LogP contribution in [-0.4, -0.2) is 12.6 Å². The number of unbranched alkanes of at least 4 members (excludes halogenated alkanes) is 4. The van der Waals surface area contributed by atoms with Gasteiger partial charge in [0.05, 0.1) is 13.0 Å². The van der Waals surface area contributed by atoms with Crippen LogP contribution in [0, 0.1) is 5.41 Å². The smallest absolute Gasteiger partial charge is 0.306 e. The molecule has 0 saturated heterocycles. The van der Waals surface area contributed by atoms with E-state index in [-0.39, 0.29) is 11.4 Å². The lowest BCUT2D eigenvalue weighted by Gasteiger charge is -2.28. The van der Waals surface area contributed by atoms with Crippen LogP contribution in [0.2, 0.25) is 0 Å². The summed E-state index contributed by atoms with van der Waals surface area (Å²) >= 11 is 0. The van der Waals surface area contributed by atoms with Gasteiger partial charge >= 0.3 is 5.97 Å². The zero-order valence-electron chi connectivity index (χ0n) is 12.9. The minimum atomic E-state index is -0.0217. The summed E-state index contributed by atoms with van der Waals surface area (Å²) in [5.41, 5.74) is 0.149. The van der Waals surface area contributed by atoms with Crippen molar-refractivity contribution < 1.29 is 9.53 Å². The Morgan fingerprint density at radius 1 is 0.944 bits per heavy atom. The van der Waals surface area contributed by atoms with E-state index in [0.717, 1.165) is 12.8 Å². The van der Waals surface area contributed by atoms with Crippen LogP contribution in [0.4, 0.5) is 0 Å². The van der Waals surface area contributed by atoms with Gasteiger partial charge in [-0.05, 0) is 25.2 Å². The van der Waals surface area contributed by atoms with E-state index in [9.17, 15) is 4.79 Å². The van der Waals surface area contributed by atoms with Gasteiger partial charge in [-0.1, -0.05) is 59.3 Å². The maximum absolute atomic E-state index is 11.7. The average molecular weight is 256 g/mol. The summed E-state index contributed by atoms with van der Waals surface area (Å²) in [7, 11) is 0. The summed E-state index contributed by atoms with van der Waals surface area (Å²) in [6, 6.07) is 0. The van der Waals surface area contributed by atoms with Gasteiger partial charge in [-0.3, -0.25) is 4.79 Å². The van der Waals surface area contributed by atoms with E-state index in [1.807, 2.05) is 6.92 Å². The van der Waals surface area contributed by atoms with Gasteiger partial charge in [-0.2, -0.15) is 0 Å². The van der Waals surface area contributed by atoms with Crippen molar-refractivity contribution in [1.29, 1.82) is 0 Å². The standard InChI is InChI=1S/C16H32O2/c1-5-8-10-11-13-16(4,12-9-6-2)14-15(17)18-7-3/h5-14H2,1-4H3. The third-order valence-electron chi connectivity index (χ3n) is 3.64.